The summed E-state index contributed by atoms with van der Waals surface area (Å²) in [5.41, 5.74) is 5.97. The first-order valence-corrected chi connectivity index (χ1v) is 7.76. The number of piperidine rings is 1. The maximum Gasteiger partial charge on any atom is 0.234 e. The van der Waals surface area contributed by atoms with Crippen molar-refractivity contribution < 1.29 is 4.79 Å². The molecule has 1 aliphatic rings. The Morgan fingerprint density at radius 3 is 2.47 bits per heavy atom. The highest BCUT2D eigenvalue weighted by Gasteiger charge is 2.28. The minimum absolute atomic E-state index is 0.167. The second kappa shape index (κ2) is 7.85. The molecule has 1 amide bonds. The van der Waals surface area contributed by atoms with E-state index in [9.17, 15) is 4.79 Å². The van der Waals surface area contributed by atoms with Crippen LogP contribution in [-0.4, -0.2) is 43.0 Å². The third kappa shape index (κ3) is 5.49. The van der Waals surface area contributed by atoms with E-state index >= 15 is 0 Å². The number of hydrogen-bond acceptors (Lipinski definition) is 3. The molecule has 0 aromatic rings. The maximum absolute atomic E-state index is 11.4. The second-order valence-electron chi connectivity index (χ2n) is 6.20. The lowest BCUT2D eigenvalue weighted by Crippen LogP contribution is -2.45. The highest BCUT2D eigenvalue weighted by molar-refractivity contribution is 5.79. The van der Waals surface area contributed by atoms with Gasteiger partial charge < -0.3 is 16.0 Å². The first kappa shape index (κ1) is 16.4. The van der Waals surface area contributed by atoms with E-state index in [1.54, 1.807) is 0 Å². The van der Waals surface area contributed by atoms with Crippen molar-refractivity contribution >= 4 is 5.91 Å². The van der Waals surface area contributed by atoms with Crippen molar-refractivity contribution in [2.75, 3.05) is 26.2 Å². The molecule has 1 rings (SSSR count). The van der Waals surface area contributed by atoms with Crippen LogP contribution in [0.15, 0.2) is 0 Å². The molecule has 0 aromatic heterocycles. The Kier molecular flexibility index (Phi) is 6.80. The third-order valence-electron chi connectivity index (χ3n) is 4.63. The molecule has 1 atom stereocenters. The number of likely N-dealkylation sites (tertiary alicyclic amines) is 1. The number of rotatable bonds is 8. The Labute approximate surface area is 118 Å². The molecule has 4 nitrogen and oxygen atoms in total. The van der Waals surface area contributed by atoms with E-state index in [4.69, 9.17) is 5.73 Å². The lowest BCUT2D eigenvalue weighted by molar-refractivity contribution is -0.120. The van der Waals surface area contributed by atoms with Gasteiger partial charge in [0.25, 0.3) is 0 Å². The molecular formula is C15H31N3O. The normalized spacial score (nSPS) is 21.2. The van der Waals surface area contributed by atoms with E-state index in [0.717, 1.165) is 39.0 Å². The Morgan fingerprint density at radius 1 is 1.37 bits per heavy atom. The summed E-state index contributed by atoms with van der Waals surface area (Å²) >= 11 is 0. The van der Waals surface area contributed by atoms with Gasteiger partial charge in [0.05, 0.1) is 6.04 Å². The Balaban J connectivity index is 2.30. The minimum Gasteiger partial charge on any atom is -0.368 e. The van der Waals surface area contributed by atoms with Gasteiger partial charge >= 0.3 is 0 Å². The number of carbonyl (C=O) groups is 1. The quantitative estimate of drug-likeness (QED) is 0.706. The molecular weight excluding hydrogens is 238 g/mol. The molecule has 3 N–H and O–H groups in total. The Morgan fingerprint density at radius 2 is 2.00 bits per heavy atom. The number of nitrogens with one attached hydrogen (secondary N) is 1. The zero-order valence-corrected chi connectivity index (χ0v) is 12.9. The minimum atomic E-state index is -0.219. The predicted octanol–water partition coefficient (Wildman–Crippen LogP) is 1.74. The summed E-state index contributed by atoms with van der Waals surface area (Å²) < 4.78 is 0. The molecule has 1 fully saturated rings. The summed E-state index contributed by atoms with van der Waals surface area (Å²) in [6.45, 7) is 10.9. The van der Waals surface area contributed by atoms with Crippen LogP contribution in [0.3, 0.4) is 0 Å². The lowest BCUT2D eigenvalue weighted by atomic mass is 9.78. The van der Waals surface area contributed by atoms with Gasteiger partial charge in [-0.25, -0.2) is 0 Å². The monoisotopic (exact) mass is 269 g/mol. The van der Waals surface area contributed by atoms with Gasteiger partial charge in [-0.2, -0.15) is 0 Å². The fourth-order valence-electron chi connectivity index (χ4n) is 2.65. The number of carbonyl (C=O) groups excluding carboxylic acids is 1. The highest BCUT2D eigenvalue weighted by Crippen LogP contribution is 2.33. The molecule has 1 saturated heterocycles. The van der Waals surface area contributed by atoms with Crippen LogP contribution in [0.25, 0.3) is 0 Å². The fraction of sp³-hybridized carbons (Fsp3) is 0.933. The Bertz CT molecular complexity index is 273. The largest absolute Gasteiger partial charge is 0.368 e. The summed E-state index contributed by atoms with van der Waals surface area (Å²) in [5, 5.41) is 3.23. The van der Waals surface area contributed by atoms with Crippen LogP contribution in [0.2, 0.25) is 0 Å². The fourth-order valence-corrected chi connectivity index (χ4v) is 2.65. The van der Waals surface area contributed by atoms with Crippen LogP contribution in [-0.2, 0) is 4.79 Å². The van der Waals surface area contributed by atoms with Crippen LogP contribution in [0.5, 0.6) is 0 Å². The summed E-state index contributed by atoms with van der Waals surface area (Å²) in [5.74, 6) is -0.219. The van der Waals surface area contributed by atoms with Gasteiger partial charge in [0, 0.05) is 6.54 Å². The van der Waals surface area contributed by atoms with Gasteiger partial charge in [-0.05, 0) is 50.7 Å². The number of nitrogens with zero attached hydrogens (tertiary/aromatic N) is 1. The van der Waals surface area contributed by atoms with Crippen LogP contribution in [0.1, 0.15) is 52.9 Å². The maximum atomic E-state index is 11.4. The van der Waals surface area contributed by atoms with Crippen molar-refractivity contribution in [3.05, 3.63) is 0 Å². The van der Waals surface area contributed by atoms with Crippen LogP contribution in [0.4, 0.5) is 0 Å². The SMILES string of the molecule is CCCNC(CCN1CCC(C)(CC)CC1)C(N)=O. The topological polar surface area (TPSA) is 58.4 Å². The smallest absolute Gasteiger partial charge is 0.234 e. The van der Waals surface area contributed by atoms with Gasteiger partial charge in [-0.3, -0.25) is 4.79 Å². The van der Waals surface area contributed by atoms with Gasteiger partial charge in [0.2, 0.25) is 5.91 Å². The van der Waals surface area contributed by atoms with Crippen LogP contribution < -0.4 is 11.1 Å². The number of amides is 1. The van der Waals surface area contributed by atoms with E-state index in [-0.39, 0.29) is 11.9 Å². The molecule has 0 bridgehead atoms. The van der Waals surface area contributed by atoms with E-state index in [1.807, 2.05) is 0 Å². The average Bonchev–Trinajstić information content (AvgIpc) is 2.40. The van der Waals surface area contributed by atoms with E-state index in [0.29, 0.717) is 5.41 Å². The van der Waals surface area contributed by atoms with Crippen LogP contribution >= 0.6 is 0 Å². The summed E-state index contributed by atoms with van der Waals surface area (Å²) in [7, 11) is 0. The molecule has 0 aliphatic carbocycles. The molecule has 0 spiro atoms. The summed E-state index contributed by atoms with van der Waals surface area (Å²) in [4.78, 5) is 13.8. The van der Waals surface area contributed by atoms with Crippen molar-refractivity contribution in [3.63, 3.8) is 0 Å². The molecule has 0 radical (unpaired) electrons. The van der Waals surface area contributed by atoms with Crippen LogP contribution in [0, 0.1) is 5.41 Å². The van der Waals surface area contributed by atoms with E-state index in [2.05, 4.69) is 31.0 Å². The standard InChI is InChI=1S/C15H31N3O/c1-4-9-17-13(14(16)19)6-10-18-11-7-15(3,5-2)8-12-18/h13,17H,4-12H2,1-3H3,(H2,16,19). The molecule has 19 heavy (non-hydrogen) atoms. The van der Waals surface area contributed by atoms with Crippen molar-refractivity contribution in [2.24, 2.45) is 11.1 Å². The number of nitrogens with two attached hydrogens (primary N) is 1. The summed E-state index contributed by atoms with van der Waals surface area (Å²) in [6.07, 6.45) is 5.67. The van der Waals surface area contributed by atoms with E-state index < -0.39 is 0 Å². The predicted molar refractivity (Wildman–Crippen MR) is 80.0 cm³/mol. The summed E-state index contributed by atoms with van der Waals surface area (Å²) in [6, 6.07) is -0.167. The highest BCUT2D eigenvalue weighted by atomic mass is 16.1. The first-order chi connectivity index (χ1) is 9.00. The molecule has 1 aliphatic heterocycles. The molecule has 4 heteroatoms. The Hall–Kier alpha value is -0.610. The molecule has 112 valence electrons. The first-order valence-electron chi connectivity index (χ1n) is 7.76. The van der Waals surface area contributed by atoms with Crippen molar-refractivity contribution in [2.45, 2.75) is 58.9 Å². The average molecular weight is 269 g/mol. The number of hydrogen-bond donors (Lipinski definition) is 2. The van der Waals surface area contributed by atoms with Crippen molar-refractivity contribution in [1.82, 2.24) is 10.2 Å². The third-order valence-corrected chi connectivity index (χ3v) is 4.63. The van der Waals surface area contributed by atoms with E-state index in [1.165, 1.54) is 19.3 Å². The van der Waals surface area contributed by atoms with Crippen molar-refractivity contribution in [1.29, 1.82) is 0 Å². The zero-order valence-electron chi connectivity index (χ0n) is 12.9. The molecule has 0 saturated carbocycles. The van der Waals surface area contributed by atoms with Gasteiger partial charge in [-0.15, -0.1) is 0 Å². The van der Waals surface area contributed by atoms with Crippen molar-refractivity contribution in [3.8, 4) is 0 Å². The lowest BCUT2D eigenvalue weighted by Gasteiger charge is -2.39. The molecule has 0 aromatic carbocycles. The number of primary amides is 1. The molecule has 1 unspecified atom stereocenters. The second-order valence-corrected chi connectivity index (χ2v) is 6.20. The van der Waals surface area contributed by atoms with Gasteiger partial charge in [0.15, 0.2) is 0 Å². The van der Waals surface area contributed by atoms with Gasteiger partial charge in [0.1, 0.15) is 0 Å². The zero-order chi connectivity index (χ0) is 14.3. The molecule has 1 heterocycles. The van der Waals surface area contributed by atoms with Gasteiger partial charge in [-0.1, -0.05) is 27.2 Å².